The Kier molecular flexibility index (Phi) is 9.72. The summed E-state index contributed by atoms with van der Waals surface area (Å²) < 4.78 is 28.8. The summed E-state index contributed by atoms with van der Waals surface area (Å²) >= 11 is 5.99. The molecule has 0 heterocycles. The van der Waals surface area contributed by atoms with Crippen LogP contribution in [0.5, 0.6) is 0 Å². The number of rotatable bonds is 11. The van der Waals surface area contributed by atoms with Gasteiger partial charge in [-0.3, -0.25) is 13.9 Å². The van der Waals surface area contributed by atoms with Gasteiger partial charge in [0.2, 0.25) is 11.8 Å². The Labute approximate surface area is 224 Å². The van der Waals surface area contributed by atoms with E-state index in [9.17, 15) is 18.0 Å². The Bertz CT molecular complexity index is 1310. The highest BCUT2D eigenvalue weighted by atomic mass is 35.5. The number of nitrogens with zero attached hydrogens (tertiary/aromatic N) is 2. The minimum Gasteiger partial charge on any atom is -0.355 e. The highest BCUT2D eigenvalue weighted by molar-refractivity contribution is 7.92. The van der Waals surface area contributed by atoms with Crippen LogP contribution in [0, 0.1) is 6.92 Å². The minimum atomic E-state index is -4.13. The summed E-state index contributed by atoms with van der Waals surface area (Å²) in [6.07, 6.45) is 0.374. The van der Waals surface area contributed by atoms with Crippen LogP contribution in [0.3, 0.4) is 0 Å². The second kappa shape index (κ2) is 12.7. The second-order valence-electron chi connectivity index (χ2n) is 8.58. The first-order valence-corrected chi connectivity index (χ1v) is 14.0. The monoisotopic (exact) mass is 541 g/mol. The molecule has 2 amide bonds. The molecule has 0 aliphatic rings. The van der Waals surface area contributed by atoms with Crippen molar-refractivity contribution < 1.29 is 18.0 Å². The van der Waals surface area contributed by atoms with Crippen molar-refractivity contribution in [3.05, 3.63) is 95.0 Å². The van der Waals surface area contributed by atoms with Gasteiger partial charge in [0.15, 0.2) is 0 Å². The Morgan fingerprint density at radius 1 is 0.919 bits per heavy atom. The number of anilines is 1. The smallest absolute Gasteiger partial charge is 0.264 e. The van der Waals surface area contributed by atoms with E-state index < -0.39 is 28.5 Å². The molecule has 0 saturated heterocycles. The van der Waals surface area contributed by atoms with Crippen LogP contribution in [-0.2, 0) is 26.2 Å². The molecule has 37 heavy (non-hydrogen) atoms. The number of sulfonamides is 1. The van der Waals surface area contributed by atoms with Crippen LogP contribution in [0.4, 0.5) is 5.69 Å². The van der Waals surface area contributed by atoms with Crippen LogP contribution >= 0.6 is 11.6 Å². The van der Waals surface area contributed by atoms with Gasteiger partial charge in [0.25, 0.3) is 10.0 Å². The first-order chi connectivity index (χ1) is 17.7. The summed E-state index contributed by atoms with van der Waals surface area (Å²) in [4.78, 5) is 28.3. The molecule has 0 unspecified atom stereocenters. The van der Waals surface area contributed by atoms with Crippen molar-refractivity contribution >= 4 is 39.1 Å². The fraction of sp³-hybridized carbons (Fsp3) is 0.286. The average Bonchev–Trinajstić information content (AvgIpc) is 2.88. The lowest BCUT2D eigenvalue weighted by Crippen LogP contribution is -2.52. The van der Waals surface area contributed by atoms with Gasteiger partial charge >= 0.3 is 0 Å². The lowest BCUT2D eigenvalue weighted by molar-refractivity contribution is -0.140. The summed E-state index contributed by atoms with van der Waals surface area (Å²) in [7, 11) is -4.13. The molecule has 0 aliphatic heterocycles. The minimum absolute atomic E-state index is 0.0123. The third-order valence-corrected chi connectivity index (χ3v) is 8.02. The molecule has 0 saturated carbocycles. The topological polar surface area (TPSA) is 86.8 Å². The van der Waals surface area contributed by atoms with E-state index in [0.717, 1.165) is 9.87 Å². The van der Waals surface area contributed by atoms with Crippen LogP contribution in [0.25, 0.3) is 0 Å². The number of hydrogen-bond acceptors (Lipinski definition) is 4. The van der Waals surface area contributed by atoms with Gasteiger partial charge in [-0.05, 0) is 61.7 Å². The number of carbonyl (C=O) groups excluding carboxylic acids is 2. The van der Waals surface area contributed by atoms with Gasteiger partial charge in [0.05, 0.1) is 10.6 Å². The maximum atomic E-state index is 13.9. The standard InChI is InChI=1S/C28H32ClN3O4S/c1-4-25(28(34)30-5-2)31(19-22-12-7-6-8-13-22)27(33)20-32(26-14-10-9-11-21(26)3)37(35,36)24-17-15-23(29)16-18-24/h6-18,25H,4-5,19-20H2,1-3H3,(H,30,34)/t25-/m1/s1. The Balaban J connectivity index is 2.06. The zero-order valence-corrected chi connectivity index (χ0v) is 22.8. The normalized spacial score (nSPS) is 12.0. The number of carbonyl (C=O) groups is 2. The van der Waals surface area contributed by atoms with E-state index in [1.54, 1.807) is 31.2 Å². The van der Waals surface area contributed by atoms with Gasteiger partial charge in [0.1, 0.15) is 12.6 Å². The van der Waals surface area contributed by atoms with E-state index in [1.807, 2.05) is 44.2 Å². The zero-order chi connectivity index (χ0) is 27.0. The molecule has 3 aromatic carbocycles. The predicted molar refractivity (Wildman–Crippen MR) is 147 cm³/mol. The van der Waals surface area contributed by atoms with E-state index in [1.165, 1.54) is 29.2 Å². The van der Waals surface area contributed by atoms with E-state index in [-0.39, 0.29) is 17.3 Å². The number of aryl methyl sites for hydroxylation is 1. The number of hydrogen-bond donors (Lipinski definition) is 1. The molecule has 9 heteroatoms. The summed E-state index contributed by atoms with van der Waals surface area (Å²) in [6, 6.07) is 21.4. The molecule has 7 nitrogen and oxygen atoms in total. The zero-order valence-electron chi connectivity index (χ0n) is 21.2. The summed E-state index contributed by atoms with van der Waals surface area (Å²) in [5.74, 6) is -0.764. The molecular weight excluding hydrogens is 510 g/mol. The molecule has 0 aromatic heterocycles. The number of para-hydroxylation sites is 1. The van der Waals surface area contributed by atoms with Crippen LogP contribution < -0.4 is 9.62 Å². The van der Waals surface area contributed by atoms with Gasteiger partial charge in [-0.2, -0.15) is 0 Å². The van der Waals surface area contributed by atoms with Crippen molar-refractivity contribution in [3.8, 4) is 0 Å². The second-order valence-corrected chi connectivity index (χ2v) is 10.9. The van der Waals surface area contributed by atoms with Crippen molar-refractivity contribution in [2.45, 2.75) is 44.7 Å². The highest BCUT2D eigenvalue weighted by Crippen LogP contribution is 2.28. The lowest BCUT2D eigenvalue weighted by Gasteiger charge is -2.33. The highest BCUT2D eigenvalue weighted by Gasteiger charge is 2.34. The predicted octanol–water partition coefficient (Wildman–Crippen LogP) is 4.79. The van der Waals surface area contributed by atoms with Gasteiger partial charge in [-0.1, -0.05) is 67.1 Å². The van der Waals surface area contributed by atoms with Crippen molar-refractivity contribution in [1.82, 2.24) is 10.2 Å². The molecule has 3 rings (SSSR count). The molecule has 196 valence electrons. The molecule has 0 aliphatic carbocycles. The number of benzene rings is 3. The Morgan fingerprint density at radius 3 is 2.14 bits per heavy atom. The summed E-state index contributed by atoms with van der Waals surface area (Å²) in [5.41, 5.74) is 1.91. The van der Waals surface area contributed by atoms with E-state index in [4.69, 9.17) is 11.6 Å². The molecule has 0 radical (unpaired) electrons. The van der Waals surface area contributed by atoms with Crippen molar-refractivity contribution in [2.24, 2.45) is 0 Å². The summed E-state index contributed by atoms with van der Waals surface area (Å²) in [5, 5.41) is 3.20. The van der Waals surface area contributed by atoms with E-state index >= 15 is 0 Å². The van der Waals surface area contributed by atoms with Gasteiger partial charge in [0, 0.05) is 18.1 Å². The number of amides is 2. The van der Waals surface area contributed by atoms with Crippen LogP contribution in [-0.4, -0.2) is 44.3 Å². The number of halogens is 1. The first kappa shape index (κ1) is 28.2. The average molecular weight is 542 g/mol. The molecule has 1 atom stereocenters. The third kappa shape index (κ3) is 6.90. The lowest BCUT2D eigenvalue weighted by atomic mass is 10.1. The molecular formula is C28H32ClN3O4S. The molecule has 1 N–H and O–H groups in total. The fourth-order valence-electron chi connectivity index (χ4n) is 4.08. The fourth-order valence-corrected chi connectivity index (χ4v) is 5.69. The van der Waals surface area contributed by atoms with E-state index in [0.29, 0.717) is 29.2 Å². The Hall–Kier alpha value is -3.36. The van der Waals surface area contributed by atoms with Gasteiger partial charge < -0.3 is 10.2 Å². The quantitative estimate of drug-likeness (QED) is 0.378. The molecule has 3 aromatic rings. The molecule has 0 fully saturated rings. The van der Waals surface area contributed by atoms with Crippen LogP contribution in [0.1, 0.15) is 31.4 Å². The van der Waals surface area contributed by atoms with Crippen molar-refractivity contribution in [2.75, 3.05) is 17.4 Å². The molecule has 0 spiro atoms. The summed E-state index contributed by atoms with van der Waals surface area (Å²) in [6.45, 7) is 5.54. The van der Waals surface area contributed by atoms with Crippen LogP contribution in [0.15, 0.2) is 83.8 Å². The van der Waals surface area contributed by atoms with Crippen molar-refractivity contribution in [3.63, 3.8) is 0 Å². The van der Waals surface area contributed by atoms with Gasteiger partial charge in [-0.15, -0.1) is 0 Å². The van der Waals surface area contributed by atoms with Gasteiger partial charge in [-0.25, -0.2) is 8.42 Å². The first-order valence-electron chi connectivity index (χ1n) is 12.1. The number of nitrogens with one attached hydrogen (secondary N) is 1. The number of likely N-dealkylation sites (N-methyl/N-ethyl adjacent to an activating group) is 1. The third-order valence-electron chi connectivity index (χ3n) is 6.00. The molecule has 0 bridgehead atoms. The maximum absolute atomic E-state index is 13.9. The maximum Gasteiger partial charge on any atom is 0.264 e. The van der Waals surface area contributed by atoms with E-state index in [2.05, 4.69) is 5.32 Å². The van der Waals surface area contributed by atoms with Crippen LogP contribution in [0.2, 0.25) is 5.02 Å². The largest absolute Gasteiger partial charge is 0.355 e. The van der Waals surface area contributed by atoms with Crippen molar-refractivity contribution in [1.29, 1.82) is 0 Å². The Morgan fingerprint density at radius 2 is 1.54 bits per heavy atom. The SMILES string of the molecule is CCNC(=O)[C@@H](CC)N(Cc1ccccc1)C(=O)CN(c1ccccc1C)S(=O)(=O)c1ccc(Cl)cc1.